The first-order chi connectivity index (χ1) is 13.0. The van der Waals surface area contributed by atoms with E-state index in [9.17, 15) is 9.59 Å². The second-order valence-electron chi connectivity index (χ2n) is 6.47. The number of benzene rings is 2. The van der Waals surface area contributed by atoms with Gasteiger partial charge in [-0.15, -0.1) is 0 Å². The molecular weight excluding hydrogens is 340 g/mol. The minimum absolute atomic E-state index is 0.0393. The van der Waals surface area contributed by atoms with Crippen molar-refractivity contribution in [1.29, 1.82) is 0 Å². The smallest absolute Gasteiger partial charge is 0.253 e. The van der Waals surface area contributed by atoms with Crippen molar-refractivity contribution < 1.29 is 9.53 Å². The van der Waals surface area contributed by atoms with Crippen LogP contribution in [0.2, 0.25) is 0 Å². The Balaban J connectivity index is 1.96. The molecule has 140 valence electrons. The number of aromatic nitrogens is 1. The number of amides is 1. The first-order valence-electron chi connectivity index (χ1n) is 9.17. The molecule has 0 radical (unpaired) electrons. The number of anilines is 1. The van der Waals surface area contributed by atoms with Gasteiger partial charge in [0.25, 0.3) is 5.56 Å². The maximum Gasteiger partial charge on any atom is 0.253 e. The number of H-pyrrole nitrogens is 1. The van der Waals surface area contributed by atoms with E-state index in [1.807, 2.05) is 69.3 Å². The van der Waals surface area contributed by atoms with Gasteiger partial charge in [-0.05, 0) is 61.2 Å². The van der Waals surface area contributed by atoms with Gasteiger partial charge in [0.2, 0.25) is 5.91 Å². The van der Waals surface area contributed by atoms with Crippen LogP contribution < -0.4 is 15.2 Å². The molecule has 0 aliphatic heterocycles. The lowest BCUT2D eigenvalue weighted by Crippen LogP contribution is -2.32. The zero-order valence-corrected chi connectivity index (χ0v) is 15.9. The van der Waals surface area contributed by atoms with Gasteiger partial charge in [-0.1, -0.05) is 19.1 Å². The molecule has 0 fully saturated rings. The predicted octanol–water partition coefficient (Wildman–Crippen LogP) is 4.18. The second-order valence-corrected chi connectivity index (χ2v) is 6.47. The Labute approximate surface area is 158 Å². The summed E-state index contributed by atoms with van der Waals surface area (Å²) in [4.78, 5) is 29.6. The topological polar surface area (TPSA) is 62.4 Å². The van der Waals surface area contributed by atoms with Gasteiger partial charge in [0, 0.05) is 23.2 Å². The molecule has 1 amide bonds. The Kier molecular flexibility index (Phi) is 5.60. The van der Waals surface area contributed by atoms with Crippen molar-refractivity contribution in [1.82, 2.24) is 4.98 Å². The highest BCUT2D eigenvalue weighted by Gasteiger charge is 2.17. The SMILES string of the molecule is CCOc1ccc(N(Cc2cc3ccc(C)cc3[nH]c2=O)C(=O)CC)cc1. The zero-order valence-electron chi connectivity index (χ0n) is 15.9. The molecule has 1 heterocycles. The molecule has 0 bridgehead atoms. The van der Waals surface area contributed by atoms with E-state index < -0.39 is 0 Å². The van der Waals surface area contributed by atoms with E-state index in [1.165, 1.54) is 0 Å². The van der Waals surface area contributed by atoms with Crippen LogP contribution in [0, 0.1) is 6.92 Å². The minimum Gasteiger partial charge on any atom is -0.494 e. The van der Waals surface area contributed by atoms with Gasteiger partial charge >= 0.3 is 0 Å². The molecule has 3 rings (SSSR count). The Bertz CT molecular complexity index is 1010. The fraction of sp³-hybridized carbons (Fsp3) is 0.273. The summed E-state index contributed by atoms with van der Waals surface area (Å²) in [6.07, 6.45) is 0.359. The van der Waals surface area contributed by atoms with Gasteiger partial charge < -0.3 is 14.6 Å². The number of carbonyl (C=O) groups is 1. The number of rotatable bonds is 6. The maximum atomic E-state index is 12.5. The molecule has 5 nitrogen and oxygen atoms in total. The Hall–Kier alpha value is -3.08. The fourth-order valence-corrected chi connectivity index (χ4v) is 3.05. The molecule has 2 aromatic carbocycles. The van der Waals surface area contributed by atoms with Crippen LogP contribution in [0.5, 0.6) is 5.75 Å². The van der Waals surface area contributed by atoms with E-state index >= 15 is 0 Å². The summed E-state index contributed by atoms with van der Waals surface area (Å²) in [5.74, 6) is 0.714. The number of hydrogen-bond donors (Lipinski definition) is 1. The summed E-state index contributed by atoms with van der Waals surface area (Å²) < 4.78 is 5.46. The first kappa shape index (κ1) is 18.7. The van der Waals surface area contributed by atoms with E-state index in [2.05, 4.69) is 4.98 Å². The average molecular weight is 364 g/mol. The van der Waals surface area contributed by atoms with Crippen molar-refractivity contribution in [2.24, 2.45) is 0 Å². The molecule has 0 saturated heterocycles. The number of ether oxygens (including phenoxy) is 1. The lowest BCUT2D eigenvalue weighted by Gasteiger charge is -2.22. The molecule has 0 aliphatic carbocycles. The molecule has 0 aliphatic rings. The van der Waals surface area contributed by atoms with Crippen LogP contribution in [0.25, 0.3) is 10.9 Å². The molecule has 0 atom stereocenters. The highest BCUT2D eigenvalue weighted by atomic mass is 16.5. The molecule has 0 saturated carbocycles. The van der Waals surface area contributed by atoms with E-state index in [1.54, 1.807) is 4.90 Å². The van der Waals surface area contributed by atoms with Gasteiger partial charge in [-0.2, -0.15) is 0 Å². The molecule has 27 heavy (non-hydrogen) atoms. The van der Waals surface area contributed by atoms with Crippen molar-refractivity contribution in [3.05, 3.63) is 70.0 Å². The van der Waals surface area contributed by atoms with Gasteiger partial charge in [-0.3, -0.25) is 9.59 Å². The number of hydrogen-bond acceptors (Lipinski definition) is 3. The summed E-state index contributed by atoms with van der Waals surface area (Å²) in [7, 11) is 0. The van der Waals surface area contributed by atoms with Crippen LogP contribution in [0.4, 0.5) is 5.69 Å². The molecule has 1 N–H and O–H groups in total. The minimum atomic E-state index is -0.173. The summed E-state index contributed by atoms with van der Waals surface area (Å²) in [6.45, 7) is 6.54. The predicted molar refractivity (Wildman–Crippen MR) is 108 cm³/mol. The quantitative estimate of drug-likeness (QED) is 0.714. The van der Waals surface area contributed by atoms with E-state index in [0.717, 1.165) is 27.9 Å². The van der Waals surface area contributed by atoms with Crippen LogP contribution >= 0.6 is 0 Å². The van der Waals surface area contributed by atoms with Crippen molar-refractivity contribution in [3.63, 3.8) is 0 Å². The number of carbonyl (C=O) groups excluding carboxylic acids is 1. The van der Waals surface area contributed by atoms with E-state index in [0.29, 0.717) is 18.6 Å². The number of fused-ring (bicyclic) bond motifs is 1. The van der Waals surface area contributed by atoms with Crippen molar-refractivity contribution >= 4 is 22.5 Å². The van der Waals surface area contributed by atoms with Crippen molar-refractivity contribution in [2.75, 3.05) is 11.5 Å². The van der Waals surface area contributed by atoms with Crippen LogP contribution in [0.3, 0.4) is 0 Å². The van der Waals surface area contributed by atoms with Gasteiger partial charge in [0.15, 0.2) is 0 Å². The summed E-state index contributed by atoms with van der Waals surface area (Å²) in [5.41, 5.74) is 3.02. The lowest BCUT2D eigenvalue weighted by molar-refractivity contribution is -0.118. The van der Waals surface area contributed by atoms with Gasteiger partial charge in [-0.25, -0.2) is 0 Å². The van der Waals surface area contributed by atoms with E-state index in [4.69, 9.17) is 4.74 Å². The average Bonchev–Trinajstić information content (AvgIpc) is 2.67. The summed E-state index contributed by atoms with van der Waals surface area (Å²) in [6, 6.07) is 15.2. The molecular formula is C22H24N2O3. The third-order valence-electron chi connectivity index (χ3n) is 4.47. The Morgan fingerprint density at radius 3 is 2.48 bits per heavy atom. The third-order valence-corrected chi connectivity index (χ3v) is 4.47. The van der Waals surface area contributed by atoms with Gasteiger partial charge in [0.1, 0.15) is 5.75 Å². The number of nitrogens with one attached hydrogen (secondary N) is 1. The van der Waals surface area contributed by atoms with Crippen LogP contribution in [0.15, 0.2) is 53.3 Å². The lowest BCUT2D eigenvalue weighted by atomic mass is 10.1. The Morgan fingerprint density at radius 1 is 1.07 bits per heavy atom. The molecule has 0 unspecified atom stereocenters. The van der Waals surface area contributed by atoms with Crippen molar-refractivity contribution in [2.45, 2.75) is 33.7 Å². The molecule has 1 aromatic heterocycles. The van der Waals surface area contributed by atoms with Crippen LogP contribution in [0.1, 0.15) is 31.4 Å². The first-order valence-corrected chi connectivity index (χ1v) is 9.17. The standard InChI is InChI=1S/C22H24N2O3/c1-4-21(25)24(18-8-10-19(11-9-18)27-5-2)14-17-13-16-7-6-15(3)12-20(16)23-22(17)26/h6-13H,4-5,14H2,1-3H3,(H,23,26). The number of aromatic amines is 1. The number of aryl methyl sites for hydroxylation is 1. The van der Waals surface area contributed by atoms with E-state index in [-0.39, 0.29) is 18.0 Å². The monoisotopic (exact) mass is 364 g/mol. The largest absolute Gasteiger partial charge is 0.494 e. The van der Waals surface area contributed by atoms with Crippen LogP contribution in [-0.4, -0.2) is 17.5 Å². The maximum absolute atomic E-state index is 12.5. The molecule has 0 spiro atoms. The molecule has 3 aromatic rings. The highest BCUT2D eigenvalue weighted by molar-refractivity contribution is 5.93. The summed E-state index contributed by atoms with van der Waals surface area (Å²) in [5, 5.41) is 0.950. The second kappa shape index (κ2) is 8.08. The van der Waals surface area contributed by atoms with Gasteiger partial charge in [0.05, 0.1) is 13.2 Å². The zero-order chi connectivity index (χ0) is 19.4. The molecule has 5 heteroatoms. The normalized spacial score (nSPS) is 10.8. The highest BCUT2D eigenvalue weighted by Crippen LogP contribution is 2.22. The summed E-state index contributed by atoms with van der Waals surface area (Å²) >= 11 is 0. The van der Waals surface area contributed by atoms with Crippen LogP contribution in [-0.2, 0) is 11.3 Å². The van der Waals surface area contributed by atoms with Crippen molar-refractivity contribution in [3.8, 4) is 5.75 Å². The third kappa shape index (κ3) is 4.19. The Morgan fingerprint density at radius 2 is 1.81 bits per heavy atom. The number of pyridine rings is 1. The number of nitrogens with zero attached hydrogens (tertiary/aromatic N) is 1. The fourth-order valence-electron chi connectivity index (χ4n) is 3.05.